The van der Waals surface area contributed by atoms with Gasteiger partial charge in [0.1, 0.15) is 5.56 Å². The van der Waals surface area contributed by atoms with Crippen LogP contribution in [-0.2, 0) is 16.4 Å². The smallest absolute Gasteiger partial charge is 0.282 e. The summed E-state index contributed by atoms with van der Waals surface area (Å²) in [6.45, 7) is 0.325. The second kappa shape index (κ2) is 8.19. The number of carbonyl (C=O) groups is 1. The summed E-state index contributed by atoms with van der Waals surface area (Å²) in [5.41, 5.74) is 1.34. The number of nitrogens with zero attached hydrogens (tertiary/aromatic N) is 2. The molecule has 0 saturated carbocycles. The molecular formula is C22H19N3O5S. The fourth-order valence-electron chi connectivity index (χ4n) is 3.61. The Bertz CT molecular complexity index is 1260. The molecule has 0 atom stereocenters. The molecule has 0 fully saturated rings. The summed E-state index contributed by atoms with van der Waals surface area (Å²) in [6, 6.07) is 18.9. The molecule has 3 aromatic rings. The van der Waals surface area contributed by atoms with Crippen LogP contribution in [0.1, 0.15) is 22.3 Å². The Labute approximate surface area is 179 Å². The van der Waals surface area contributed by atoms with E-state index < -0.39 is 20.9 Å². The molecule has 0 aromatic heterocycles. The number of nitro groups is 1. The second-order valence-corrected chi connectivity index (χ2v) is 8.93. The van der Waals surface area contributed by atoms with Gasteiger partial charge in [-0.15, -0.1) is 0 Å². The first-order chi connectivity index (χ1) is 14.9. The second-order valence-electron chi connectivity index (χ2n) is 7.07. The molecule has 158 valence electrons. The van der Waals surface area contributed by atoms with Gasteiger partial charge in [-0.25, -0.2) is 8.42 Å². The van der Waals surface area contributed by atoms with E-state index in [1.165, 1.54) is 22.5 Å². The first-order valence-corrected chi connectivity index (χ1v) is 11.1. The van der Waals surface area contributed by atoms with Crippen molar-refractivity contribution in [2.45, 2.75) is 17.7 Å². The van der Waals surface area contributed by atoms with Gasteiger partial charge in [-0.3, -0.25) is 19.2 Å². The highest BCUT2D eigenvalue weighted by atomic mass is 32.2. The number of para-hydroxylation sites is 1. The Morgan fingerprint density at radius 1 is 1.00 bits per heavy atom. The minimum absolute atomic E-state index is 0.0704. The van der Waals surface area contributed by atoms with Gasteiger partial charge in [0.05, 0.1) is 15.5 Å². The van der Waals surface area contributed by atoms with E-state index in [0.717, 1.165) is 5.56 Å². The fraction of sp³-hybridized carbons (Fsp3) is 0.136. The number of carbonyl (C=O) groups excluding carboxylic acids is 1. The molecule has 0 spiro atoms. The van der Waals surface area contributed by atoms with Crippen molar-refractivity contribution < 1.29 is 18.1 Å². The number of fused-ring (bicyclic) bond motifs is 1. The molecule has 3 aromatic carbocycles. The van der Waals surface area contributed by atoms with Gasteiger partial charge in [-0.2, -0.15) is 0 Å². The van der Waals surface area contributed by atoms with E-state index in [1.54, 1.807) is 54.6 Å². The van der Waals surface area contributed by atoms with E-state index in [2.05, 4.69) is 5.32 Å². The monoisotopic (exact) mass is 437 g/mol. The van der Waals surface area contributed by atoms with Crippen LogP contribution in [0, 0.1) is 10.1 Å². The maximum absolute atomic E-state index is 13.2. The lowest BCUT2D eigenvalue weighted by atomic mass is 10.0. The molecule has 1 amide bonds. The van der Waals surface area contributed by atoms with Crippen molar-refractivity contribution in [2.24, 2.45) is 0 Å². The summed E-state index contributed by atoms with van der Waals surface area (Å²) < 4.78 is 27.7. The highest BCUT2D eigenvalue weighted by Crippen LogP contribution is 2.34. The van der Waals surface area contributed by atoms with Crippen molar-refractivity contribution in [3.63, 3.8) is 0 Å². The molecule has 0 bridgehead atoms. The Kier molecular flexibility index (Phi) is 5.43. The summed E-state index contributed by atoms with van der Waals surface area (Å²) in [5, 5.41) is 13.9. The highest BCUT2D eigenvalue weighted by Gasteiger charge is 2.29. The summed E-state index contributed by atoms with van der Waals surface area (Å²) in [4.78, 5) is 23.4. The van der Waals surface area contributed by atoms with Crippen LogP contribution in [0.2, 0.25) is 0 Å². The van der Waals surface area contributed by atoms with Gasteiger partial charge in [0.2, 0.25) is 0 Å². The third kappa shape index (κ3) is 3.99. The summed E-state index contributed by atoms with van der Waals surface area (Å²) in [5.74, 6) is -0.638. The van der Waals surface area contributed by atoms with Gasteiger partial charge in [0.15, 0.2) is 0 Å². The van der Waals surface area contributed by atoms with Crippen molar-refractivity contribution in [1.82, 2.24) is 0 Å². The third-order valence-corrected chi connectivity index (χ3v) is 6.92. The maximum atomic E-state index is 13.2. The molecule has 8 nitrogen and oxygen atoms in total. The van der Waals surface area contributed by atoms with Crippen LogP contribution in [0.5, 0.6) is 0 Å². The number of benzene rings is 3. The standard InChI is InChI=1S/C22H19N3O5S/c26-22(19-10-4-5-11-20(19)25(27)28)23-17-13-12-16-7-6-14-24(21(16)15-17)31(29,30)18-8-2-1-3-9-18/h1-5,8-13,15H,6-7,14H2,(H,23,26). The highest BCUT2D eigenvalue weighted by molar-refractivity contribution is 7.92. The van der Waals surface area contributed by atoms with Crippen LogP contribution < -0.4 is 9.62 Å². The minimum Gasteiger partial charge on any atom is -0.322 e. The molecular weight excluding hydrogens is 418 g/mol. The van der Waals surface area contributed by atoms with E-state index in [0.29, 0.717) is 30.8 Å². The van der Waals surface area contributed by atoms with Gasteiger partial charge >= 0.3 is 0 Å². The largest absolute Gasteiger partial charge is 0.322 e. The molecule has 0 aliphatic carbocycles. The molecule has 0 saturated heterocycles. The summed E-state index contributed by atoms with van der Waals surface area (Å²) in [6.07, 6.45) is 1.40. The average molecular weight is 437 g/mol. The first-order valence-electron chi connectivity index (χ1n) is 9.63. The molecule has 1 N–H and O–H groups in total. The number of nitrogens with one attached hydrogen (secondary N) is 1. The quantitative estimate of drug-likeness (QED) is 0.479. The van der Waals surface area contributed by atoms with Crippen molar-refractivity contribution in [2.75, 3.05) is 16.2 Å². The lowest BCUT2D eigenvalue weighted by molar-refractivity contribution is -0.385. The third-order valence-electron chi connectivity index (χ3n) is 5.10. The SMILES string of the molecule is O=C(Nc1ccc2c(c1)N(S(=O)(=O)c1ccccc1)CCC2)c1ccccc1[N+](=O)[O-]. The van der Waals surface area contributed by atoms with Crippen LogP contribution in [0.15, 0.2) is 77.7 Å². The number of hydrogen-bond donors (Lipinski definition) is 1. The number of hydrogen-bond acceptors (Lipinski definition) is 5. The maximum Gasteiger partial charge on any atom is 0.282 e. The summed E-state index contributed by atoms with van der Waals surface area (Å²) >= 11 is 0. The van der Waals surface area contributed by atoms with E-state index in [4.69, 9.17) is 0 Å². The Morgan fingerprint density at radius 2 is 1.71 bits per heavy atom. The molecule has 31 heavy (non-hydrogen) atoms. The van der Waals surface area contributed by atoms with Gasteiger partial charge < -0.3 is 5.32 Å². The Hall–Kier alpha value is -3.72. The molecule has 1 aliphatic heterocycles. The molecule has 1 aliphatic rings. The lowest BCUT2D eigenvalue weighted by Gasteiger charge is -2.31. The first kappa shape index (κ1) is 20.5. The van der Waals surface area contributed by atoms with Crippen molar-refractivity contribution >= 4 is 33.0 Å². The van der Waals surface area contributed by atoms with Crippen LogP contribution in [0.4, 0.5) is 17.1 Å². The van der Waals surface area contributed by atoms with Gasteiger partial charge in [-0.1, -0.05) is 36.4 Å². The molecule has 0 unspecified atom stereocenters. The average Bonchev–Trinajstić information content (AvgIpc) is 2.79. The number of anilines is 2. The van der Waals surface area contributed by atoms with Crippen molar-refractivity contribution in [3.8, 4) is 0 Å². The number of amides is 1. The fourth-order valence-corrected chi connectivity index (χ4v) is 5.17. The van der Waals surface area contributed by atoms with E-state index in [9.17, 15) is 23.3 Å². The Balaban J connectivity index is 1.68. The van der Waals surface area contributed by atoms with Crippen LogP contribution in [-0.4, -0.2) is 25.8 Å². The zero-order chi connectivity index (χ0) is 22.0. The van der Waals surface area contributed by atoms with Crippen LogP contribution in [0.25, 0.3) is 0 Å². The summed E-state index contributed by atoms with van der Waals surface area (Å²) in [7, 11) is -3.76. The van der Waals surface area contributed by atoms with Gasteiger partial charge in [0.25, 0.3) is 21.6 Å². The number of aryl methyl sites for hydroxylation is 1. The van der Waals surface area contributed by atoms with E-state index in [-0.39, 0.29) is 16.1 Å². The van der Waals surface area contributed by atoms with Crippen LogP contribution in [0.3, 0.4) is 0 Å². The predicted octanol–water partition coefficient (Wildman–Crippen LogP) is 3.99. The van der Waals surface area contributed by atoms with E-state index >= 15 is 0 Å². The predicted molar refractivity (Wildman–Crippen MR) is 117 cm³/mol. The molecule has 9 heteroatoms. The topological polar surface area (TPSA) is 110 Å². The minimum atomic E-state index is -3.76. The van der Waals surface area contributed by atoms with Gasteiger partial charge in [0, 0.05) is 18.3 Å². The zero-order valence-corrected chi connectivity index (χ0v) is 17.2. The molecule has 0 radical (unpaired) electrons. The number of rotatable bonds is 5. The Morgan fingerprint density at radius 3 is 2.45 bits per heavy atom. The van der Waals surface area contributed by atoms with Gasteiger partial charge in [-0.05, 0) is 48.7 Å². The number of nitro benzene ring substituents is 1. The van der Waals surface area contributed by atoms with Crippen molar-refractivity contribution in [3.05, 3.63) is 94.0 Å². The number of sulfonamides is 1. The van der Waals surface area contributed by atoms with Crippen molar-refractivity contribution in [1.29, 1.82) is 0 Å². The zero-order valence-electron chi connectivity index (χ0n) is 16.4. The van der Waals surface area contributed by atoms with E-state index in [1.807, 2.05) is 0 Å². The lowest BCUT2D eigenvalue weighted by Crippen LogP contribution is -2.35. The van der Waals surface area contributed by atoms with Crippen LogP contribution >= 0.6 is 0 Å². The molecule has 4 rings (SSSR count). The molecule has 1 heterocycles. The normalized spacial score (nSPS) is 13.4.